The molecule has 1 unspecified atom stereocenters. The molecule has 0 saturated heterocycles. The van der Waals surface area contributed by atoms with Gasteiger partial charge in [0.1, 0.15) is 0 Å². The fourth-order valence-electron chi connectivity index (χ4n) is 3.69. The summed E-state index contributed by atoms with van der Waals surface area (Å²) < 4.78 is 0. The number of hydrogen-bond donors (Lipinski definition) is 1. The van der Waals surface area contributed by atoms with Crippen LogP contribution in [-0.2, 0) is 28.8 Å². The molecule has 0 amide bonds. The molecule has 15 nitrogen and oxygen atoms in total. The molecule has 1 N–H and O–H groups in total. The molecular weight excluding hydrogens is 868 g/mol. The molecule has 18 heteroatoms. The van der Waals surface area contributed by atoms with Crippen molar-refractivity contribution in [2.75, 3.05) is 58.9 Å². The zero-order valence-corrected chi connectivity index (χ0v) is 35.6. The first-order valence-electron chi connectivity index (χ1n) is 14.5. The van der Waals surface area contributed by atoms with Crippen molar-refractivity contribution in [3.8, 4) is 107 Å². The first-order chi connectivity index (χ1) is 24.5. The standard InChI is InChI=1S/C36H32N4O11.Gd.2Na.17H2/c1-2-3-4-5-6-7-8-9-10-11-12-13-14-15-16-19-26-51-37-21-18-17-20-31(36(49)50)40(24-22-38(27-32(41)42)28-33(43)44)25-23-39(29-34(45)46)30-35(47)48;;;;;;;;;;;;;;;;;;;;/h1,31,37H,17-18,20-25,27-30H2,(H,41,42)(H,43,44)(H,45,46)(H,47,48)(H,49,50);;;;17*1H/q;+3;2*+1;;;;;;;;;;;;;;;;;/p-5. The molecule has 301 valence electrons. The SMILES string of the molecule is C#CC#CC#CC#CC#CC#CC#CC#CC#CONCCCCC(C(=O)[O-])N(CCN(CC(=O)[O-])CC(=O)[O-])CCN(CC(=O)[O-])CC(=O)[O-].[Gd+3].[HH].[HH].[HH].[HH].[HH].[HH].[HH].[HH].[HH].[HH].[HH].[HH].[HH].[HH].[HH].[HH].[HH].[Na+].[Na+]. The van der Waals surface area contributed by atoms with Crippen LogP contribution in [0.2, 0.25) is 0 Å². The van der Waals surface area contributed by atoms with Crippen molar-refractivity contribution >= 4 is 29.8 Å². The van der Waals surface area contributed by atoms with Gasteiger partial charge in [-0.1, -0.05) is 6.42 Å². The third kappa shape index (κ3) is 36.7. The maximum Gasteiger partial charge on any atom is 3.00 e. The van der Waals surface area contributed by atoms with Crippen LogP contribution in [0.25, 0.3) is 0 Å². The van der Waals surface area contributed by atoms with E-state index >= 15 is 0 Å². The van der Waals surface area contributed by atoms with E-state index in [2.05, 4.69) is 106 Å². The van der Waals surface area contributed by atoms with Gasteiger partial charge >= 0.3 is 99.1 Å². The molecule has 0 rings (SSSR count). The van der Waals surface area contributed by atoms with Crippen LogP contribution in [0.15, 0.2) is 0 Å². The number of aliphatic carboxylic acids is 5. The van der Waals surface area contributed by atoms with Crippen LogP contribution in [0.5, 0.6) is 0 Å². The van der Waals surface area contributed by atoms with Gasteiger partial charge in [0.15, 0.2) is 6.11 Å². The van der Waals surface area contributed by atoms with Crippen LogP contribution in [0.1, 0.15) is 43.5 Å². The maximum absolute atomic E-state index is 12.1. The van der Waals surface area contributed by atoms with E-state index in [1.54, 1.807) is 0 Å². The molecule has 0 aromatic carbocycles. The second kappa shape index (κ2) is 39.1. The molecule has 54 heavy (non-hydrogen) atoms. The number of carboxylic acid groups (broad SMARTS) is 5. The van der Waals surface area contributed by atoms with E-state index < -0.39 is 62.1 Å². The third-order valence-electron chi connectivity index (χ3n) is 5.66. The van der Waals surface area contributed by atoms with Crippen molar-refractivity contribution in [1.29, 1.82) is 0 Å². The first-order valence-corrected chi connectivity index (χ1v) is 14.5. The number of hydrogen-bond acceptors (Lipinski definition) is 15. The third-order valence-corrected chi connectivity index (χ3v) is 5.66. The van der Waals surface area contributed by atoms with Crippen molar-refractivity contribution in [3.05, 3.63) is 0 Å². The number of carbonyl (C=O) groups excluding carboxylic acids is 5. The Balaban J connectivity index is -0.0000000658. The summed E-state index contributed by atoms with van der Waals surface area (Å²) in [6.45, 7) is -3.92. The summed E-state index contributed by atoms with van der Waals surface area (Å²) in [5, 5.41) is 56.3. The van der Waals surface area contributed by atoms with E-state index in [1.165, 1.54) is 4.90 Å². The van der Waals surface area contributed by atoms with Gasteiger partial charge in [-0.2, -0.15) is 0 Å². The fraction of sp³-hybridized carbons (Fsp3) is 0.361. The fourth-order valence-corrected chi connectivity index (χ4v) is 3.69. The van der Waals surface area contributed by atoms with E-state index in [-0.39, 0.29) is 169 Å². The minimum Gasteiger partial charge on any atom is -0.549 e. The zero-order chi connectivity index (χ0) is 38.1. The van der Waals surface area contributed by atoms with Crippen molar-refractivity contribution < 1.29 is 178 Å². The molecule has 0 spiro atoms. The smallest absolute Gasteiger partial charge is 0.549 e. The van der Waals surface area contributed by atoms with Crippen LogP contribution in [0.4, 0.5) is 0 Å². The van der Waals surface area contributed by atoms with Gasteiger partial charge in [0, 0.05) is 137 Å². The number of carbonyl (C=O) groups is 5. The van der Waals surface area contributed by atoms with Gasteiger partial charge in [0.2, 0.25) is 0 Å². The largest absolute Gasteiger partial charge is 3.00 e. The number of carboxylic acids is 5. The van der Waals surface area contributed by atoms with Crippen molar-refractivity contribution in [3.63, 3.8) is 0 Å². The van der Waals surface area contributed by atoms with Gasteiger partial charge in [-0.25, -0.2) is 0 Å². The van der Waals surface area contributed by atoms with Crippen LogP contribution < -0.4 is 90.1 Å². The Bertz CT molecular complexity index is 1810. The Morgan fingerprint density at radius 2 is 0.926 bits per heavy atom. The van der Waals surface area contributed by atoms with E-state index in [0.717, 1.165) is 9.80 Å². The molecule has 0 aliphatic rings. The molecule has 1 atom stereocenters. The number of nitrogens with one attached hydrogen (secondary N) is 1. The minimum atomic E-state index is -1.59. The zero-order valence-electron chi connectivity index (χ0n) is 29.3. The molecule has 0 aliphatic carbocycles. The Kier molecular flexibility index (Phi) is 41.3. The number of rotatable bonds is 22. The summed E-state index contributed by atoms with van der Waals surface area (Å²) >= 11 is 0. The van der Waals surface area contributed by atoms with Gasteiger partial charge in [-0.3, -0.25) is 14.7 Å². The summed E-state index contributed by atoms with van der Waals surface area (Å²) in [5.41, 5.74) is 2.54. The van der Waals surface area contributed by atoms with Crippen molar-refractivity contribution in [2.45, 2.75) is 25.3 Å². The van der Waals surface area contributed by atoms with Gasteiger partial charge in [0.05, 0.1) is 29.8 Å². The number of nitrogens with zero attached hydrogens (tertiary/aromatic N) is 3. The quantitative estimate of drug-likeness (QED) is 0.0460. The molecular formula is C36H61GdN4Na2O11. The van der Waals surface area contributed by atoms with Crippen LogP contribution >= 0.6 is 0 Å². The summed E-state index contributed by atoms with van der Waals surface area (Å²) in [6, 6.07) is -1.31. The van der Waals surface area contributed by atoms with E-state index in [1.807, 2.05) is 0 Å². The second-order valence-corrected chi connectivity index (χ2v) is 9.39. The maximum atomic E-state index is 12.1. The molecule has 0 saturated carbocycles. The van der Waals surface area contributed by atoms with E-state index in [9.17, 15) is 49.5 Å². The molecule has 0 aromatic heterocycles. The van der Waals surface area contributed by atoms with E-state index in [0.29, 0.717) is 6.42 Å². The molecule has 0 aliphatic heterocycles. The van der Waals surface area contributed by atoms with E-state index in [4.69, 9.17) is 11.3 Å². The molecule has 0 fully saturated rings. The topological polar surface area (TPSA) is 232 Å². The normalized spacial score (nSPS) is 8.85. The predicted octanol–water partition coefficient (Wildman–Crippen LogP) is -10.5. The Hall–Kier alpha value is -3.65. The van der Waals surface area contributed by atoms with Crippen molar-refractivity contribution in [1.82, 2.24) is 20.2 Å². The molecule has 0 heterocycles. The Morgan fingerprint density at radius 1 is 0.574 bits per heavy atom. The van der Waals surface area contributed by atoms with Crippen LogP contribution in [0.3, 0.4) is 0 Å². The summed E-state index contributed by atoms with van der Waals surface area (Å²) in [5.74, 6) is 30.4. The average Bonchev–Trinajstić information content (AvgIpc) is 3.04. The number of terminal acetylenes is 1. The minimum absolute atomic E-state index is 0. The van der Waals surface area contributed by atoms with Crippen molar-refractivity contribution in [2.24, 2.45) is 0 Å². The second-order valence-electron chi connectivity index (χ2n) is 9.39. The molecule has 0 bridgehead atoms. The van der Waals surface area contributed by atoms with Crippen LogP contribution in [0, 0.1) is 147 Å². The summed E-state index contributed by atoms with van der Waals surface area (Å²) in [7, 11) is 0. The Morgan fingerprint density at radius 3 is 1.26 bits per heavy atom. The monoisotopic (exact) mass is 929 g/mol. The number of hydroxylamine groups is 1. The average molecular weight is 929 g/mol. The molecule has 0 aromatic rings. The Labute approximate surface area is 415 Å². The van der Waals surface area contributed by atoms with Gasteiger partial charge in [-0.05, 0) is 60.2 Å². The summed E-state index contributed by atoms with van der Waals surface area (Å²) in [6.07, 6.45) is 7.84. The van der Waals surface area contributed by atoms with Gasteiger partial charge in [0.25, 0.3) is 0 Å². The van der Waals surface area contributed by atoms with Crippen LogP contribution in [-0.4, -0.2) is 109 Å². The summed E-state index contributed by atoms with van der Waals surface area (Å²) in [4.78, 5) is 64.3. The van der Waals surface area contributed by atoms with Gasteiger partial charge < -0.3 is 54.3 Å². The first kappa shape index (κ1) is 57.1. The predicted molar refractivity (Wildman–Crippen MR) is 203 cm³/mol. The van der Waals surface area contributed by atoms with Gasteiger partial charge in [-0.15, -0.1) is 11.9 Å². The molecule has 1 radical (unpaired) electrons. The number of unbranched alkanes of at least 4 members (excludes halogenated alkanes) is 1.